The van der Waals surface area contributed by atoms with Crippen LogP contribution in [0, 0.1) is 0 Å². The Hall–Kier alpha value is -2.69. The Kier molecular flexibility index (Phi) is 5.77. The van der Waals surface area contributed by atoms with E-state index in [1.54, 1.807) is 7.05 Å². The summed E-state index contributed by atoms with van der Waals surface area (Å²) in [4.78, 5) is 23.3. The van der Waals surface area contributed by atoms with Crippen molar-refractivity contribution in [3.63, 3.8) is 0 Å². The maximum absolute atomic E-state index is 11.2. The second kappa shape index (κ2) is 8.42. The van der Waals surface area contributed by atoms with Gasteiger partial charge in [0.1, 0.15) is 5.82 Å². The number of fused-ring (bicyclic) bond motifs is 1. The molecular weight excluding hydrogens is 312 g/mol. The highest BCUT2D eigenvalue weighted by Crippen LogP contribution is 2.23. The highest BCUT2D eigenvalue weighted by molar-refractivity contribution is 5.85. The second-order valence-electron chi connectivity index (χ2n) is 6.27. The van der Waals surface area contributed by atoms with Crippen LogP contribution in [0.15, 0.2) is 42.9 Å². The fraction of sp³-hybridized carbons (Fsp3) is 0.350. The SMILES string of the molecule is CNC(=O)CCCCCCc1ncc(-c2ccc3ccncc3c2)[nH]1. The van der Waals surface area contributed by atoms with Crippen molar-refractivity contribution >= 4 is 16.7 Å². The maximum atomic E-state index is 11.2. The highest BCUT2D eigenvalue weighted by Gasteiger charge is 2.05. The quantitative estimate of drug-likeness (QED) is 0.614. The van der Waals surface area contributed by atoms with E-state index >= 15 is 0 Å². The van der Waals surface area contributed by atoms with Gasteiger partial charge in [-0.3, -0.25) is 9.78 Å². The molecule has 0 saturated heterocycles. The standard InChI is InChI=1S/C20H24N4O/c1-21-20(25)7-5-3-2-4-6-19-23-14-18(24-19)16-9-8-15-10-11-22-13-17(15)12-16/h8-14H,2-7H2,1H3,(H,21,25)(H,23,24). The Balaban J connectivity index is 1.51. The van der Waals surface area contributed by atoms with Crippen molar-refractivity contribution < 1.29 is 4.79 Å². The van der Waals surface area contributed by atoms with Gasteiger partial charge in [0.05, 0.1) is 11.9 Å². The zero-order valence-electron chi connectivity index (χ0n) is 14.6. The molecule has 0 bridgehead atoms. The highest BCUT2D eigenvalue weighted by atomic mass is 16.1. The van der Waals surface area contributed by atoms with Crippen LogP contribution in [0.4, 0.5) is 0 Å². The molecule has 3 aromatic rings. The van der Waals surface area contributed by atoms with Crippen molar-refractivity contribution in [3.8, 4) is 11.3 Å². The average molecular weight is 336 g/mol. The first-order valence-electron chi connectivity index (χ1n) is 8.85. The largest absolute Gasteiger partial charge is 0.359 e. The van der Waals surface area contributed by atoms with Crippen LogP contribution in [-0.2, 0) is 11.2 Å². The van der Waals surface area contributed by atoms with Crippen LogP contribution in [-0.4, -0.2) is 27.9 Å². The van der Waals surface area contributed by atoms with Crippen LogP contribution in [0.3, 0.4) is 0 Å². The van der Waals surface area contributed by atoms with E-state index in [0.717, 1.165) is 54.6 Å². The minimum Gasteiger partial charge on any atom is -0.359 e. The molecule has 2 aromatic heterocycles. The molecule has 0 radical (unpaired) electrons. The molecule has 0 spiro atoms. The third-order valence-electron chi connectivity index (χ3n) is 4.43. The molecule has 0 fully saturated rings. The fourth-order valence-corrected chi connectivity index (χ4v) is 2.95. The molecule has 130 valence electrons. The van der Waals surface area contributed by atoms with Gasteiger partial charge in [-0.25, -0.2) is 4.98 Å². The van der Waals surface area contributed by atoms with Crippen molar-refractivity contribution in [2.45, 2.75) is 38.5 Å². The zero-order valence-corrected chi connectivity index (χ0v) is 14.6. The molecule has 1 amide bonds. The number of H-pyrrole nitrogens is 1. The molecule has 0 aliphatic carbocycles. The second-order valence-corrected chi connectivity index (χ2v) is 6.27. The van der Waals surface area contributed by atoms with Gasteiger partial charge in [-0.15, -0.1) is 0 Å². The number of carbonyl (C=O) groups excluding carboxylic acids is 1. The van der Waals surface area contributed by atoms with Crippen LogP contribution in [0.25, 0.3) is 22.0 Å². The Labute approximate surface area is 147 Å². The number of carbonyl (C=O) groups is 1. The van der Waals surface area contributed by atoms with Gasteiger partial charge in [0, 0.05) is 43.2 Å². The lowest BCUT2D eigenvalue weighted by molar-refractivity contribution is -0.120. The van der Waals surface area contributed by atoms with Gasteiger partial charge >= 0.3 is 0 Å². The van der Waals surface area contributed by atoms with Crippen LogP contribution < -0.4 is 5.32 Å². The lowest BCUT2D eigenvalue weighted by atomic mass is 10.1. The number of hydrogen-bond donors (Lipinski definition) is 2. The van der Waals surface area contributed by atoms with Crippen LogP contribution in [0.5, 0.6) is 0 Å². The Bertz CT molecular complexity index is 840. The molecule has 0 aliphatic rings. The first-order valence-corrected chi connectivity index (χ1v) is 8.85. The third-order valence-corrected chi connectivity index (χ3v) is 4.43. The lowest BCUT2D eigenvalue weighted by Crippen LogP contribution is -2.16. The summed E-state index contributed by atoms with van der Waals surface area (Å²) in [5, 5.41) is 4.97. The molecule has 2 heterocycles. The van der Waals surface area contributed by atoms with Crippen molar-refractivity contribution in [2.24, 2.45) is 0 Å². The number of rotatable bonds is 8. The summed E-state index contributed by atoms with van der Waals surface area (Å²) in [6, 6.07) is 8.37. The molecule has 3 rings (SSSR count). The summed E-state index contributed by atoms with van der Waals surface area (Å²) in [6.07, 6.45) is 11.4. The summed E-state index contributed by atoms with van der Waals surface area (Å²) >= 11 is 0. The Morgan fingerprint density at radius 3 is 2.84 bits per heavy atom. The van der Waals surface area contributed by atoms with Crippen LogP contribution in [0.1, 0.15) is 37.9 Å². The third kappa shape index (κ3) is 4.66. The number of aromatic nitrogens is 3. The molecular formula is C20H24N4O. The lowest BCUT2D eigenvalue weighted by Gasteiger charge is -2.02. The minimum absolute atomic E-state index is 0.126. The minimum atomic E-state index is 0.126. The number of nitrogens with one attached hydrogen (secondary N) is 2. The predicted molar refractivity (Wildman–Crippen MR) is 100 cm³/mol. The van der Waals surface area contributed by atoms with E-state index in [4.69, 9.17) is 0 Å². The van der Waals surface area contributed by atoms with Crippen molar-refractivity contribution in [3.05, 3.63) is 48.7 Å². The van der Waals surface area contributed by atoms with Crippen molar-refractivity contribution in [1.82, 2.24) is 20.3 Å². The van der Waals surface area contributed by atoms with Gasteiger partial charge in [0.25, 0.3) is 0 Å². The van der Waals surface area contributed by atoms with Crippen LogP contribution in [0.2, 0.25) is 0 Å². The molecule has 0 atom stereocenters. The maximum Gasteiger partial charge on any atom is 0.219 e. The van der Waals surface area contributed by atoms with E-state index in [1.807, 2.05) is 24.7 Å². The molecule has 5 heteroatoms. The zero-order chi connectivity index (χ0) is 17.5. The summed E-state index contributed by atoms with van der Waals surface area (Å²) < 4.78 is 0. The van der Waals surface area contributed by atoms with E-state index in [-0.39, 0.29) is 5.91 Å². The van der Waals surface area contributed by atoms with Gasteiger partial charge in [0.2, 0.25) is 5.91 Å². The van der Waals surface area contributed by atoms with Gasteiger partial charge in [-0.2, -0.15) is 0 Å². The smallest absolute Gasteiger partial charge is 0.219 e. The first-order chi connectivity index (χ1) is 12.3. The van der Waals surface area contributed by atoms with E-state index in [0.29, 0.717) is 6.42 Å². The normalized spacial score (nSPS) is 10.9. The molecule has 25 heavy (non-hydrogen) atoms. The number of hydrogen-bond acceptors (Lipinski definition) is 3. The Morgan fingerprint density at radius 1 is 1.08 bits per heavy atom. The van der Waals surface area contributed by atoms with E-state index in [1.165, 1.54) is 5.39 Å². The van der Waals surface area contributed by atoms with Gasteiger partial charge < -0.3 is 10.3 Å². The number of unbranched alkanes of at least 4 members (excludes halogenated alkanes) is 3. The molecule has 0 unspecified atom stereocenters. The number of benzene rings is 1. The summed E-state index contributed by atoms with van der Waals surface area (Å²) in [5.41, 5.74) is 2.17. The first kappa shape index (κ1) is 17.1. The molecule has 5 nitrogen and oxygen atoms in total. The van der Waals surface area contributed by atoms with Gasteiger partial charge in [-0.1, -0.05) is 25.0 Å². The monoisotopic (exact) mass is 336 g/mol. The molecule has 0 aliphatic heterocycles. The van der Waals surface area contributed by atoms with Gasteiger partial charge in [-0.05, 0) is 30.4 Å². The number of pyridine rings is 1. The van der Waals surface area contributed by atoms with Crippen molar-refractivity contribution in [2.75, 3.05) is 7.05 Å². The number of aromatic amines is 1. The fourth-order valence-electron chi connectivity index (χ4n) is 2.95. The average Bonchev–Trinajstić information content (AvgIpc) is 3.12. The van der Waals surface area contributed by atoms with Crippen LogP contribution >= 0.6 is 0 Å². The topological polar surface area (TPSA) is 70.7 Å². The summed E-state index contributed by atoms with van der Waals surface area (Å²) in [6.45, 7) is 0. The Morgan fingerprint density at radius 2 is 1.96 bits per heavy atom. The number of imidazole rings is 1. The molecule has 1 aromatic carbocycles. The number of nitrogens with zero attached hydrogens (tertiary/aromatic N) is 2. The number of amides is 1. The van der Waals surface area contributed by atoms with E-state index in [2.05, 4.69) is 38.5 Å². The van der Waals surface area contributed by atoms with Gasteiger partial charge in [0.15, 0.2) is 0 Å². The number of aryl methyl sites for hydroxylation is 1. The van der Waals surface area contributed by atoms with Crippen molar-refractivity contribution in [1.29, 1.82) is 0 Å². The summed E-state index contributed by atoms with van der Waals surface area (Å²) in [5.74, 6) is 1.15. The summed E-state index contributed by atoms with van der Waals surface area (Å²) in [7, 11) is 1.68. The molecule has 2 N–H and O–H groups in total. The molecule has 0 saturated carbocycles. The van der Waals surface area contributed by atoms with E-state index < -0.39 is 0 Å². The van der Waals surface area contributed by atoms with E-state index in [9.17, 15) is 4.79 Å². The predicted octanol–water partition coefficient (Wildman–Crippen LogP) is 3.86.